The highest BCUT2D eigenvalue weighted by molar-refractivity contribution is 6.33. The van der Waals surface area contributed by atoms with Gasteiger partial charge in [-0.25, -0.2) is 0 Å². The number of hydrogen-bond acceptors (Lipinski definition) is 2. The third-order valence-electron chi connectivity index (χ3n) is 2.66. The summed E-state index contributed by atoms with van der Waals surface area (Å²) in [6.07, 6.45) is 0. The highest BCUT2D eigenvalue weighted by Crippen LogP contribution is 2.19. The maximum Gasteiger partial charge on any atom is 0.0637 e. The molecule has 2 aromatic rings. The Bertz CT molecular complexity index is 511. The van der Waals surface area contributed by atoms with Crippen molar-refractivity contribution in [3.05, 3.63) is 59.1 Å². The number of hydrogen-bond donors (Lipinski definition) is 2. The van der Waals surface area contributed by atoms with Crippen LogP contribution in [0.5, 0.6) is 0 Å². The maximum absolute atomic E-state index is 6.06. The van der Waals surface area contributed by atoms with Crippen molar-refractivity contribution in [1.29, 1.82) is 0 Å². The lowest BCUT2D eigenvalue weighted by Crippen LogP contribution is -2.13. The number of para-hydroxylation sites is 1. The van der Waals surface area contributed by atoms with E-state index in [-0.39, 0.29) is 0 Å². The van der Waals surface area contributed by atoms with E-state index in [4.69, 9.17) is 11.6 Å². The average Bonchev–Trinajstić information content (AvgIpc) is 2.37. The van der Waals surface area contributed by atoms with Gasteiger partial charge in [0.2, 0.25) is 0 Å². The normalized spacial score (nSPS) is 10.1. The number of benzene rings is 2. The van der Waals surface area contributed by atoms with Crippen molar-refractivity contribution in [3.63, 3.8) is 0 Å². The van der Waals surface area contributed by atoms with Gasteiger partial charge in [-0.2, -0.15) is 0 Å². The Hall–Kier alpha value is -1.67. The molecule has 0 bridgehead atoms. The summed E-state index contributed by atoms with van der Waals surface area (Å²) in [7, 11) is 0. The molecular weight excluding hydrogens is 244 g/mol. The van der Waals surface area contributed by atoms with Gasteiger partial charge < -0.3 is 10.6 Å². The molecule has 0 spiro atoms. The molecule has 0 aliphatic rings. The third-order valence-corrected chi connectivity index (χ3v) is 2.99. The van der Waals surface area contributed by atoms with E-state index in [0.29, 0.717) is 0 Å². The molecule has 3 heteroatoms. The van der Waals surface area contributed by atoms with Gasteiger partial charge in [0.1, 0.15) is 0 Å². The Labute approximate surface area is 113 Å². The van der Waals surface area contributed by atoms with Crippen LogP contribution in [0.1, 0.15) is 5.56 Å². The highest BCUT2D eigenvalue weighted by Gasteiger charge is 1.97. The van der Waals surface area contributed by atoms with E-state index in [1.54, 1.807) is 0 Å². The summed E-state index contributed by atoms with van der Waals surface area (Å²) < 4.78 is 0. The van der Waals surface area contributed by atoms with Crippen molar-refractivity contribution in [2.75, 3.05) is 23.7 Å². The van der Waals surface area contributed by atoms with E-state index in [1.165, 1.54) is 5.56 Å². The van der Waals surface area contributed by atoms with Gasteiger partial charge in [-0.1, -0.05) is 35.9 Å². The number of anilines is 2. The van der Waals surface area contributed by atoms with E-state index < -0.39 is 0 Å². The Balaban J connectivity index is 1.78. The monoisotopic (exact) mass is 260 g/mol. The second-order valence-corrected chi connectivity index (χ2v) is 4.61. The fourth-order valence-corrected chi connectivity index (χ4v) is 1.97. The lowest BCUT2D eigenvalue weighted by molar-refractivity contribution is 1.08. The molecule has 94 valence electrons. The van der Waals surface area contributed by atoms with Crippen molar-refractivity contribution < 1.29 is 0 Å². The van der Waals surface area contributed by atoms with Crippen LogP contribution >= 0.6 is 11.6 Å². The van der Waals surface area contributed by atoms with Crippen LogP contribution in [0, 0.1) is 6.92 Å². The molecule has 0 aliphatic heterocycles. The fourth-order valence-electron chi connectivity index (χ4n) is 1.76. The highest BCUT2D eigenvalue weighted by atomic mass is 35.5. The quantitative estimate of drug-likeness (QED) is 0.789. The molecule has 0 saturated heterocycles. The van der Waals surface area contributed by atoms with Crippen LogP contribution in [0.2, 0.25) is 5.02 Å². The molecule has 0 fully saturated rings. The predicted molar refractivity (Wildman–Crippen MR) is 79.6 cm³/mol. The first-order chi connectivity index (χ1) is 8.75. The molecule has 0 heterocycles. The van der Waals surface area contributed by atoms with Gasteiger partial charge in [0, 0.05) is 18.8 Å². The second-order valence-electron chi connectivity index (χ2n) is 4.20. The second kappa shape index (κ2) is 6.31. The average molecular weight is 261 g/mol. The minimum atomic E-state index is 0.757. The number of aryl methyl sites for hydroxylation is 1. The van der Waals surface area contributed by atoms with E-state index in [0.717, 1.165) is 29.5 Å². The van der Waals surface area contributed by atoms with Gasteiger partial charge >= 0.3 is 0 Å². The molecular formula is C15H17ClN2. The van der Waals surface area contributed by atoms with Crippen molar-refractivity contribution in [1.82, 2.24) is 0 Å². The molecule has 0 amide bonds. The van der Waals surface area contributed by atoms with Crippen molar-refractivity contribution in [3.8, 4) is 0 Å². The fraction of sp³-hybridized carbons (Fsp3) is 0.200. The summed E-state index contributed by atoms with van der Waals surface area (Å²) >= 11 is 6.06. The van der Waals surface area contributed by atoms with Crippen LogP contribution in [-0.4, -0.2) is 13.1 Å². The molecule has 0 unspecified atom stereocenters. The van der Waals surface area contributed by atoms with E-state index in [1.807, 2.05) is 24.3 Å². The summed E-state index contributed by atoms with van der Waals surface area (Å²) in [4.78, 5) is 0. The van der Waals surface area contributed by atoms with Crippen molar-refractivity contribution >= 4 is 23.0 Å². The predicted octanol–water partition coefficient (Wildman–Crippen LogP) is 4.17. The lowest BCUT2D eigenvalue weighted by Gasteiger charge is -2.10. The first-order valence-electron chi connectivity index (χ1n) is 6.04. The molecule has 0 atom stereocenters. The summed E-state index contributed by atoms with van der Waals surface area (Å²) in [5, 5.41) is 7.43. The first-order valence-corrected chi connectivity index (χ1v) is 6.42. The largest absolute Gasteiger partial charge is 0.383 e. The molecule has 0 saturated carbocycles. The zero-order valence-electron chi connectivity index (χ0n) is 10.4. The van der Waals surface area contributed by atoms with Gasteiger partial charge in [0.25, 0.3) is 0 Å². The van der Waals surface area contributed by atoms with Crippen LogP contribution in [0.25, 0.3) is 0 Å². The molecule has 0 aromatic heterocycles. The first kappa shape index (κ1) is 12.8. The van der Waals surface area contributed by atoms with Crippen LogP contribution in [0.3, 0.4) is 0 Å². The summed E-state index contributed by atoms with van der Waals surface area (Å²) in [6.45, 7) is 3.78. The molecule has 2 N–H and O–H groups in total. The standard InChI is InChI=1S/C15H17ClN2/c1-12-5-4-6-13(11-12)17-9-10-18-15-8-3-2-7-14(15)16/h2-8,11,17-18H,9-10H2,1H3. The Morgan fingerprint density at radius 3 is 2.50 bits per heavy atom. The minimum Gasteiger partial charge on any atom is -0.383 e. The van der Waals surface area contributed by atoms with E-state index >= 15 is 0 Å². The van der Waals surface area contributed by atoms with Crippen molar-refractivity contribution in [2.24, 2.45) is 0 Å². The van der Waals surface area contributed by atoms with Gasteiger partial charge in [0.05, 0.1) is 10.7 Å². The molecule has 0 aliphatic carbocycles. The third kappa shape index (κ3) is 3.67. The molecule has 2 rings (SSSR count). The van der Waals surface area contributed by atoms with Crippen molar-refractivity contribution in [2.45, 2.75) is 6.92 Å². The van der Waals surface area contributed by atoms with E-state index in [2.05, 4.69) is 41.8 Å². The zero-order valence-corrected chi connectivity index (χ0v) is 11.2. The topological polar surface area (TPSA) is 24.1 Å². The lowest BCUT2D eigenvalue weighted by atomic mass is 10.2. The maximum atomic E-state index is 6.06. The molecule has 18 heavy (non-hydrogen) atoms. The van der Waals surface area contributed by atoms with E-state index in [9.17, 15) is 0 Å². The Kier molecular flexibility index (Phi) is 4.48. The number of nitrogens with one attached hydrogen (secondary N) is 2. The van der Waals surface area contributed by atoms with Gasteiger partial charge in [-0.3, -0.25) is 0 Å². The number of halogens is 1. The SMILES string of the molecule is Cc1cccc(NCCNc2ccccc2Cl)c1. The minimum absolute atomic E-state index is 0.757. The zero-order chi connectivity index (χ0) is 12.8. The molecule has 0 radical (unpaired) electrons. The summed E-state index contributed by atoms with van der Waals surface area (Å²) in [5.41, 5.74) is 3.39. The van der Waals surface area contributed by atoms with Crippen LogP contribution in [0.15, 0.2) is 48.5 Å². The summed E-state index contributed by atoms with van der Waals surface area (Å²) in [6, 6.07) is 16.1. The summed E-state index contributed by atoms with van der Waals surface area (Å²) in [5.74, 6) is 0. The van der Waals surface area contributed by atoms with Gasteiger partial charge in [-0.15, -0.1) is 0 Å². The Morgan fingerprint density at radius 2 is 1.72 bits per heavy atom. The number of rotatable bonds is 5. The van der Waals surface area contributed by atoms with Crippen LogP contribution in [0.4, 0.5) is 11.4 Å². The van der Waals surface area contributed by atoms with Crippen LogP contribution < -0.4 is 10.6 Å². The van der Waals surface area contributed by atoms with Crippen LogP contribution in [-0.2, 0) is 0 Å². The smallest absolute Gasteiger partial charge is 0.0637 e. The molecule has 2 aromatic carbocycles. The van der Waals surface area contributed by atoms with Gasteiger partial charge in [0.15, 0.2) is 0 Å². The Morgan fingerprint density at radius 1 is 0.944 bits per heavy atom. The van der Waals surface area contributed by atoms with Gasteiger partial charge in [-0.05, 0) is 36.8 Å². The molecule has 2 nitrogen and oxygen atoms in total.